The second-order valence-corrected chi connectivity index (χ2v) is 5.53. The maximum absolute atomic E-state index is 14.2. The Morgan fingerprint density at radius 2 is 1.89 bits per heavy atom. The standard InChI is InChI=1S/C16H25FN2/c1-18-12-13-8-7-11-15(17)16(13)19(2)14-9-5-3-4-6-10-14/h7-8,11,14,18H,3-6,9-10,12H2,1-2H3. The Hall–Kier alpha value is -1.09. The molecule has 1 aromatic rings. The Balaban J connectivity index is 2.23. The summed E-state index contributed by atoms with van der Waals surface area (Å²) in [5.74, 6) is -0.0977. The lowest BCUT2D eigenvalue weighted by Crippen LogP contribution is -2.33. The average Bonchev–Trinajstić information content (AvgIpc) is 2.67. The van der Waals surface area contributed by atoms with Crippen molar-refractivity contribution in [3.05, 3.63) is 29.6 Å². The van der Waals surface area contributed by atoms with Crippen molar-refractivity contribution in [1.29, 1.82) is 0 Å². The van der Waals surface area contributed by atoms with Gasteiger partial charge in [0.15, 0.2) is 0 Å². The molecule has 1 N–H and O–H groups in total. The van der Waals surface area contributed by atoms with Crippen molar-refractivity contribution in [2.24, 2.45) is 0 Å². The fourth-order valence-corrected chi connectivity index (χ4v) is 3.12. The van der Waals surface area contributed by atoms with Crippen LogP contribution in [0, 0.1) is 5.82 Å². The Labute approximate surface area is 116 Å². The highest BCUT2D eigenvalue weighted by Gasteiger charge is 2.21. The molecule has 0 aromatic heterocycles. The van der Waals surface area contributed by atoms with Crippen LogP contribution in [-0.2, 0) is 6.54 Å². The third kappa shape index (κ3) is 3.47. The Kier molecular flexibility index (Phi) is 5.20. The van der Waals surface area contributed by atoms with Crippen molar-refractivity contribution in [3.63, 3.8) is 0 Å². The van der Waals surface area contributed by atoms with Gasteiger partial charge in [-0.1, -0.05) is 37.8 Å². The van der Waals surface area contributed by atoms with Crippen molar-refractivity contribution < 1.29 is 4.39 Å². The van der Waals surface area contributed by atoms with Crippen LogP contribution in [0.5, 0.6) is 0 Å². The number of anilines is 1. The first-order valence-electron chi connectivity index (χ1n) is 7.39. The van der Waals surface area contributed by atoms with Crippen LogP contribution in [0.25, 0.3) is 0 Å². The van der Waals surface area contributed by atoms with E-state index < -0.39 is 0 Å². The molecule has 1 fully saturated rings. The highest BCUT2D eigenvalue weighted by atomic mass is 19.1. The van der Waals surface area contributed by atoms with Gasteiger partial charge >= 0.3 is 0 Å². The molecule has 0 atom stereocenters. The quantitative estimate of drug-likeness (QED) is 0.834. The van der Waals surface area contributed by atoms with Gasteiger partial charge < -0.3 is 10.2 Å². The number of rotatable bonds is 4. The molecule has 19 heavy (non-hydrogen) atoms. The first kappa shape index (κ1) is 14.3. The number of hydrogen-bond acceptors (Lipinski definition) is 2. The molecule has 106 valence electrons. The number of halogens is 1. The lowest BCUT2D eigenvalue weighted by Gasteiger charge is -2.31. The summed E-state index contributed by atoms with van der Waals surface area (Å²) in [4.78, 5) is 2.17. The summed E-state index contributed by atoms with van der Waals surface area (Å²) in [5, 5.41) is 3.13. The summed E-state index contributed by atoms with van der Waals surface area (Å²) in [6.45, 7) is 0.712. The molecule has 2 nitrogen and oxygen atoms in total. The van der Waals surface area contributed by atoms with Crippen molar-refractivity contribution >= 4 is 5.69 Å². The molecular formula is C16H25FN2. The van der Waals surface area contributed by atoms with E-state index in [2.05, 4.69) is 10.2 Å². The summed E-state index contributed by atoms with van der Waals surface area (Å²) in [6.07, 6.45) is 7.55. The van der Waals surface area contributed by atoms with Gasteiger partial charge in [0.1, 0.15) is 5.82 Å². The highest BCUT2D eigenvalue weighted by Crippen LogP contribution is 2.30. The van der Waals surface area contributed by atoms with Crippen LogP contribution >= 0.6 is 0 Å². The zero-order valence-electron chi connectivity index (χ0n) is 12.1. The number of para-hydroxylation sites is 1. The van der Waals surface area contributed by atoms with Gasteiger partial charge in [-0.2, -0.15) is 0 Å². The van der Waals surface area contributed by atoms with Crippen LogP contribution in [0.2, 0.25) is 0 Å². The Morgan fingerprint density at radius 3 is 2.53 bits per heavy atom. The smallest absolute Gasteiger partial charge is 0.146 e. The van der Waals surface area contributed by atoms with Gasteiger partial charge in [-0.15, -0.1) is 0 Å². The van der Waals surface area contributed by atoms with Gasteiger partial charge in [0.05, 0.1) is 5.69 Å². The van der Waals surface area contributed by atoms with E-state index in [0.29, 0.717) is 12.6 Å². The topological polar surface area (TPSA) is 15.3 Å². The minimum atomic E-state index is -0.0977. The van der Waals surface area contributed by atoms with Crippen LogP contribution in [0.4, 0.5) is 10.1 Å². The molecule has 0 heterocycles. The molecule has 1 aliphatic rings. The maximum Gasteiger partial charge on any atom is 0.146 e. The Morgan fingerprint density at radius 1 is 1.21 bits per heavy atom. The van der Waals surface area contributed by atoms with E-state index in [4.69, 9.17) is 0 Å². The van der Waals surface area contributed by atoms with E-state index in [1.165, 1.54) is 38.5 Å². The van der Waals surface area contributed by atoms with Crippen LogP contribution in [0.1, 0.15) is 44.1 Å². The van der Waals surface area contributed by atoms with Crippen LogP contribution < -0.4 is 10.2 Å². The van der Waals surface area contributed by atoms with Gasteiger partial charge in [0, 0.05) is 19.6 Å². The molecule has 2 rings (SSSR count). The van der Waals surface area contributed by atoms with E-state index in [1.807, 2.05) is 20.2 Å². The number of nitrogens with zero attached hydrogens (tertiary/aromatic N) is 1. The summed E-state index contributed by atoms with van der Waals surface area (Å²) >= 11 is 0. The summed E-state index contributed by atoms with van der Waals surface area (Å²) in [7, 11) is 3.95. The third-order valence-corrected chi connectivity index (χ3v) is 4.16. The lowest BCUT2D eigenvalue weighted by atomic mass is 10.0. The van der Waals surface area contributed by atoms with Crippen LogP contribution in [-0.4, -0.2) is 20.1 Å². The molecule has 3 heteroatoms. The molecule has 1 aromatic carbocycles. The van der Waals surface area contributed by atoms with Gasteiger partial charge in [0.25, 0.3) is 0 Å². The normalized spacial score (nSPS) is 17.2. The van der Waals surface area contributed by atoms with Gasteiger partial charge in [-0.3, -0.25) is 0 Å². The molecule has 0 radical (unpaired) electrons. The molecule has 0 aliphatic heterocycles. The monoisotopic (exact) mass is 264 g/mol. The van der Waals surface area contributed by atoms with Crippen LogP contribution in [0.3, 0.4) is 0 Å². The van der Waals surface area contributed by atoms with Crippen molar-refractivity contribution in [1.82, 2.24) is 5.32 Å². The SMILES string of the molecule is CNCc1cccc(F)c1N(C)C1CCCCCC1. The van der Waals surface area contributed by atoms with Gasteiger partial charge in [0.2, 0.25) is 0 Å². The molecule has 1 aliphatic carbocycles. The lowest BCUT2D eigenvalue weighted by molar-refractivity contribution is 0.535. The minimum Gasteiger partial charge on any atom is -0.369 e. The average molecular weight is 264 g/mol. The molecule has 0 bridgehead atoms. The molecule has 0 spiro atoms. The van der Waals surface area contributed by atoms with Crippen molar-refractivity contribution in [2.75, 3.05) is 19.0 Å². The third-order valence-electron chi connectivity index (χ3n) is 4.16. The number of nitrogens with one attached hydrogen (secondary N) is 1. The predicted molar refractivity (Wildman–Crippen MR) is 79.1 cm³/mol. The highest BCUT2D eigenvalue weighted by molar-refractivity contribution is 5.55. The Bertz CT molecular complexity index is 398. The maximum atomic E-state index is 14.2. The van der Waals surface area contributed by atoms with Crippen molar-refractivity contribution in [3.8, 4) is 0 Å². The molecule has 0 saturated heterocycles. The molecule has 1 saturated carbocycles. The van der Waals surface area contributed by atoms with E-state index in [1.54, 1.807) is 12.1 Å². The van der Waals surface area contributed by atoms with Crippen LogP contribution in [0.15, 0.2) is 18.2 Å². The fraction of sp³-hybridized carbons (Fsp3) is 0.625. The molecular weight excluding hydrogens is 239 g/mol. The summed E-state index contributed by atoms with van der Waals surface area (Å²) in [5.41, 5.74) is 1.83. The molecule has 0 unspecified atom stereocenters. The molecule has 0 amide bonds. The largest absolute Gasteiger partial charge is 0.369 e. The summed E-state index contributed by atoms with van der Waals surface area (Å²) in [6, 6.07) is 5.87. The minimum absolute atomic E-state index is 0.0977. The van der Waals surface area contributed by atoms with E-state index >= 15 is 0 Å². The van der Waals surface area contributed by atoms with Gasteiger partial charge in [-0.25, -0.2) is 4.39 Å². The van der Waals surface area contributed by atoms with Gasteiger partial charge in [-0.05, 0) is 31.5 Å². The summed E-state index contributed by atoms with van der Waals surface area (Å²) < 4.78 is 14.2. The second-order valence-electron chi connectivity index (χ2n) is 5.53. The van der Waals surface area contributed by atoms with E-state index in [-0.39, 0.29) is 5.82 Å². The fourth-order valence-electron chi connectivity index (χ4n) is 3.12. The first-order chi connectivity index (χ1) is 9.24. The van der Waals surface area contributed by atoms with E-state index in [9.17, 15) is 4.39 Å². The predicted octanol–water partition coefficient (Wildman–Crippen LogP) is 3.70. The van der Waals surface area contributed by atoms with E-state index in [0.717, 1.165) is 11.3 Å². The number of hydrogen-bond donors (Lipinski definition) is 1. The zero-order valence-corrected chi connectivity index (χ0v) is 12.1. The second kappa shape index (κ2) is 6.90. The first-order valence-corrected chi connectivity index (χ1v) is 7.39. The zero-order chi connectivity index (χ0) is 13.7. The van der Waals surface area contributed by atoms with Crippen molar-refractivity contribution in [2.45, 2.75) is 51.1 Å². The number of benzene rings is 1.